The zero-order valence-corrected chi connectivity index (χ0v) is 8.47. The molecule has 2 N–H and O–H groups in total. The number of carboxylic acid groups (broad SMARTS) is 1. The number of nitrogens with one attached hydrogen (secondary N) is 1. The normalized spacial score (nSPS) is 20.2. The van der Waals surface area contributed by atoms with Gasteiger partial charge in [-0.1, -0.05) is 0 Å². The van der Waals surface area contributed by atoms with E-state index in [0.29, 0.717) is 0 Å². The number of aliphatic carboxylic acids is 1. The van der Waals surface area contributed by atoms with E-state index < -0.39 is 5.97 Å². The Bertz CT molecular complexity index is 348. The zero-order chi connectivity index (χ0) is 9.42. The summed E-state index contributed by atoms with van der Waals surface area (Å²) in [6.45, 7) is 0. The number of hydrogen-bond acceptors (Lipinski definition) is 2. The lowest BCUT2D eigenvalue weighted by molar-refractivity contribution is -0.137. The average Bonchev–Trinajstić information content (AvgIpc) is 2.56. The summed E-state index contributed by atoms with van der Waals surface area (Å²) in [7, 11) is 0. The molecule has 0 amide bonds. The molecule has 1 aliphatic carbocycles. The minimum Gasteiger partial charge on any atom is -0.481 e. The summed E-state index contributed by atoms with van der Waals surface area (Å²) >= 11 is 3.31. The van der Waals surface area contributed by atoms with Crippen LogP contribution in [0.1, 0.15) is 30.0 Å². The summed E-state index contributed by atoms with van der Waals surface area (Å²) in [6, 6.07) is 0. The van der Waals surface area contributed by atoms with Crippen LogP contribution >= 0.6 is 15.9 Å². The maximum absolute atomic E-state index is 10.6. The summed E-state index contributed by atoms with van der Waals surface area (Å²) in [5.41, 5.74) is 2.14. The van der Waals surface area contributed by atoms with Gasteiger partial charge in [-0.25, -0.2) is 0 Å². The summed E-state index contributed by atoms with van der Waals surface area (Å²) < 4.78 is 0.770. The van der Waals surface area contributed by atoms with Crippen LogP contribution in [0.15, 0.2) is 4.60 Å². The number of aromatic amines is 1. The molecular formula is C8H9BrN2O2. The largest absolute Gasteiger partial charge is 0.481 e. The number of rotatable bonds is 2. The Morgan fingerprint density at radius 1 is 1.77 bits per heavy atom. The van der Waals surface area contributed by atoms with E-state index in [1.54, 1.807) is 0 Å². The first-order valence-corrected chi connectivity index (χ1v) is 4.92. The van der Waals surface area contributed by atoms with Crippen molar-refractivity contribution in [3.05, 3.63) is 15.9 Å². The Hall–Kier alpha value is -0.840. The summed E-state index contributed by atoms with van der Waals surface area (Å²) in [6.07, 6.45) is 2.02. The van der Waals surface area contributed by atoms with Gasteiger partial charge >= 0.3 is 5.97 Å². The van der Waals surface area contributed by atoms with E-state index in [-0.39, 0.29) is 12.3 Å². The van der Waals surface area contributed by atoms with Crippen LogP contribution in [-0.2, 0) is 11.2 Å². The number of aryl methyl sites for hydroxylation is 1. The average molecular weight is 245 g/mol. The maximum atomic E-state index is 10.6. The molecule has 1 aliphatic rings. The Morgan fingerprint density at radius 2 is 2.54 bits per heavy atom. The van der Waals surface area contributed by atoms with Gasteiger partial charge in [0.1, 0.15) is 4.60 Å². The second-order valence-electron chi connectivity index (χ2n) is 3.24. The van der Waals surface area contributed by atoms with E-state index in [1.807, 2.05) is 0 Å². The first-order chi connectivity index (χ1) is 6.18. The molecule has 70 valence electrons. The zero-order valence-electron chi connectivity index (χ0n) is 6.88. The van der Waals surface area contributed by atoms with Crippen molar-refractivity contribution in [2.24, 2.45) is 0 Å². The molecule has 0 bridgehead atoms. The van der Waals surface area contributed by atoms with Crippen LogP contribution in [0.25, 0.3) is 0 Å². The highest BCUT2D eigenvalue weighted by molar-refractivity contribution is 9.10. The minimum atomic E-state index is -0.744. The standard InChI is InChI=1S/C8H9BrN2O2/c9-8-7-4(3-6(12)13)1-2-5(7)10-11-8/h4H,1-3H2,(H,10,11)(H,12,13). The summed E-state index contributed by atoms with van der Waals surface area (Å²) in [5.74, 6) is -0.619. The maximum Gasteiger partial charge on any atom is 0.303 e. The van der Waals surface area contributed by atoms with Gasteiger partial charge in [-0.2, -0.15) is 5.10 Å². The van der Waals surface area contributed by atoms with E-state index in [0.717, 1.165) is 28.7 Å². The van der Waals surface area contributed by atoms with Crippen LogP contribution in [0.3, 0.4) is 0 Å². The third-order valence-corrected chi connectivity index (χ3v) is 3.01. The molecule has 4 nitrogen and oxygen atoms in total. The summed E-state index contributed by atoms with van der Waals surface area (Å²) in [5, 5.41) is 15.6. The predicted octanol–water partition coefficient (Wildman–Crippen LogP) is 1.68. The number of H-pyrrole nitrogens is 1. The molecule has 1 aromatic heterocycles. The molecule has 1 aromatic rings. The van der Waals surface area contributed by atoms with Crippen LogP contribution in [0.5, 0.6) is 0 Å². The van der Waals surface area contributed by atoms with Crippen molar-refractivity contribution >= 4 is 21.9 Å². The number of aromatic nitrogens is 2. The Balaban J connectivity index is 2.26. The molecule has 0 fully saturated rings. The van der Waals surface area contributed by atoms with Crippen molar-refractivity contribution in [3.63, 3.8) is 0 Å². The van der Waals surface area contributed by atoms with Gasteiger partial charge in [0.05, 0.1) is 6.42 Å². The van der Waals surface area contributed by atoms with E-state index in [1.165, 1.54) is 0 Å². The molecule has 1 atom stereocenters. The number of fused-ring (bicyclic) bond motifs is 1. The quantitative estimate of drug-likeness (QED) is 0.832. The van der Waals surface area contributed by atoms with Gasteiger partial charge in [0.25, 0.3) is 0 Å². The number of carboxylic acids is 1. The topological polar surface area (TPSA) is 66.0 Å². The van der Waals surface area contributed by atoms with Crippen molar-refractivity contribution in [3.8, 4) is 0 Å². The summed E-state index contributed by atoms with van der Waals surface area (Å²) in [4.78, 5) is 10.6. The fourth-order valence-corrected chi connectivity index (χ4v) is 2.50. The Morgan fingerprint density at radius 3 is 3.23 bits per heavy atom. The second-order valence-corrected chi connectivity index (χ2v) is 3.99. The molecule has 1 unspecified atom stereocenters. The molecule has 0 saturated heterocycles. The predicted molar refractivity (Wildman–Crippen MR) is 49.6 cm³/mol. The highest BCUT2D eigenvalue weighted by Crippen LogP contribution is 2.38. The van der Waals surface area contributed by atoms with Gasteiger partial charge in [0, 0.05) is 11.3 Å². The molecule has 0 spiro atoms. The molecule has 0 radical (unpaired) electrons. The molecule has 2 rings (SSSR count). The van der Waals surface area contributed by atoms with E-state index >= 15 is 0 Å². The van der Waals surface area contributed by atoms with Crippen molar-refractivity contribution < 1.29 is 9.90 Å². The van der Waals surface area contributed by atoms with E-state index in [9.17, 15) is 4.79 Å². The molecule has 1 heterocycles. The molecule has 13 heavy (non-hydrogen) atoms. The van der Waals surface area contributed by atoms with Crippen molar-refractivity contribution in [2.45, 2.75) is 25.2 Å². The highest BCUT2D eigenvalue weighted by Gasteiger charge is 2.28. The van der Waals surface area contributed by atoms with Gasteiger partial charge in [-0.3, -0.25) is 9.89 Å². The first kappa shape index (κ1) is 8.74. The highest BCUT2D eigenvalue weighted by atomic mass is 79.9. The first-order valence-electron chi connectivity index (χ1n) is 4.13. The van der Waals surface area contributed by atoms with E-state index in [4.69, 9.17) is 5.11 Å². The number of halogens is 1. The third kappa shape index (κ3) is 1.48. The van der Waals surface area contributed by atoms with E-state index in [2.05, 4.69) is 26.1 Å². The second kappa shape index (κ2) is 3.14. The van der Waals surface area contributed by atoms with Gasteiger partial charge < -0.3 is 5.11 Å². The van der Waals surface area contributed by atoms with Crippen LogP contribution in [-0.4, -0.2) is 21.3 Å². The lowest BCUT2D eigenvalue weighted by Gasteiger charge is -2.05. The monoisotopic (exact) mass is 244 g/mol. The van der Waals surface area contributed by atoms with Crippen LogP contribution in [0, 0.1) is 0 Å². The number of nitrogens with zero attached hydrogens (tertiary/aromatic N) is 1. The number of hydrogen-bond donors (Lipinski definition) is 2. The molecule has 0 saturated carbocycles. The Labute approximate surface area is 83.5 Å². The van der Waals surface area contributed by atoms with Gasteiger partial charge in [-0.05, 0) is 34.7 Å². The molecule has 5 heteroatoms. The molecule has 0 aliphatic heterocycles. The van der Waals surface area contributed by atoms with Gasteiger partial charge in [0.15, 0.2) is 0 Å². The number of carbonyl (C=O) groups is 1. The van der Waals surface area contributed by atoms with Gasteiger partial charge in [0.2, 0.25) is 0 Å². The third-order valence-electron chi connectivity index (χ3n) is 2.41. The van der Waals surface area contributed by atoms with Crippen molar-refractivity contribution in [2.75, 3.05) is 0 Å². The lowest BCUT2D eigenvalue weighted by Crippen LogP contribution is -2.03. The van der Waals surface area contributed by atoms with Gasteiger partial charge in [-0.15, -0.1) is 0 Å². The van der Waals surface area contributed by atoms with Crippen LogP contribution in [0.2, 0.25) is 0 Å². The molecular weight excluding hydrogens is 236 g/mol. The van der Waals surface area contributed by atoms with Crippen molar-refractivity contribution in [1.82, 2.24) is 10.2 Å². The lowest BCUT2D eigenvalue weighted by atomic mass is 10.0. The smallest absolute Gasteiger partial charge is 0.303 e. The van der Waals surface area contributed by atoms with Crippen LogP contribution < -0.4 is 0 Å². The fraction of sp³-hybridized carbons (Fsp3) is 0.500. The molecule has 0 aromatic carbocycles. The fourth-order valence-electron chi connectivity index (χ4n) is 1.84. The minimum absolute atomic E-state index is 0.126. The van der Waals surface area contributed by atoms with Crippen molar-refractivity contribution in [1.29, 1.82) is 0 Å². The SMILES string of the molecule is O=C(O)CC1CCc2[nH]nc(Br)c21. The van der Waals surface area contributed by atoms with Crippen LogP contribution in [0.4, 0.5) is 0 Å². The Kier molecular flexibility index (Phi) is 2.11.